The van der Waals surface area contributed by atoms with Crippen molar-refractivity contribution in [3.63, 3.8) is 0 Å². The summed E-state index contributed by atoms with van der Waals surface area (Å²) in [5.74, 6) is 0.0931. The van der Waals surface area contributed by atoms with Crippen molar-refractivity contribution in [2.75, 3.05) is 0 Å². The minimum Gasteiger partial charge on any atom is -0.508 e. The molecule has 0 bridgehead atoms. The van der Waals surface area contributed by atoms with Gasteiger partial charge in [-0.3, -0.25) is 0 Å². The SMILES string of the molecule is CCCCCc1ccc(CC)c(-c2cc3ccc(O)cc3oc2=O)c1. The van der Waals surface area contributed by atoms with E-state index in [2.05, 4.69) is 32.0 Å². The van der Waals surface area contributed by atoms with Gasteiger partial charge in [0, 0.05) is 11.5 Å². The zero-order valence-electron chi connectivity index (χ0n) is 14.8. The standard InChI is InChI=1S/C22H24O3/c1-3-5-6-7-15-8-9-16(4-2)19(12-15)20-13-17-10-11-18(23)14-21(17)25-22(20)24/h8-14,23H,3-7H2,1-2H3. The summed E-state index contributed by atoms with van der Waals surface area (Å²) in [5.41, 5.74) is 3.99. The van der Waals surface area contributed by atoms with Gasteiger partial charge in [-0.2, -0.15) is 0 Å². The van der Waals surface area contributed by atoms with E-state index in [1.165, 1.54) is 24.5 Å². The van der Waals surface area contributed by atoms with Crippen molar-refractivity contribution in [1.29, 1.82) is 0 Å². The number of rotatable bonds is 6. The molecule has 1 heterocycles. The van der Waals surface area contributed by atoms with Crippen molar-refractivity contribution in [2.24, 2.45) is 0 Å². The predicted octanol–water partition coefficient (Wildman–Crippen LogP) is 5.46. The number of phenolic OH excluding ortho intramolecular Hbond substituents is 1. The first-order valence-corrected chi connectivity index (χ1v) is 9.01. The van der Waals surface area contributed by atoms with Crippen LogP contribution in [0.2, 0.25) is 0 Å². The average Bonchev–Trinajstić information content (AvgIpc) is 2.61. The molecule has 0 aliphatic rings. The summed E-state index contributed by atoms with van der Waals surface area (Å²) >= 11 is 0. The summed E-state index contributed by atoms with van der Waals surface area (Å²) in [6.07, 6.45) is 5.45. The molecule has 3 nitrogen and oxygen atoms in total. The van der Waals surface area contributed by atoms with Crippen molar-refractivity contribution < 1.29 is 9.52 Å². The van der Waals surface area contributed by atoms with Gasteiger partial charge < -0.3 is 9.52 Å². The molecule has 1 N–H and O–H groups in total. The van der Waals surface area contributed by atoms with Crippen LogP contribution < -0.4 is 5.63 Å². The number of benzene rings is 2. The van der Waals surface area contributed by atoms with Crippen LogP contribution in [0.4, 0.5) is 0 Å². The molecule has 25 heavy (non-hydrogen) atoms. The van der Waals surface area contributed by atoms with Crippen molar-refractivity contribution in [2.45, 2.75) is 46.0 Å². The Morgan fingerprint density at radius 3 is 2.56 bits per heavy atom. The highest BCUT2D eigenvalue weighted by atomic mass is 16.4. The molecule has 3 aromatic rings. The molecular formula is C22H24O3. The summed E-state index contributed by atoms with van der Waals surface area (Å²) in [6, 6.07) is 13.1. The molecule has 0 radical (unpaired) electrons. The molecule has 0 saturated carbocycles. The quantitative estimate of drug-likeness (QED) is 0.480. The Bertz CT molecular complexity index is 938. The van der Waals surface area contributed by atoms with Crippen LogP contribution in [-0.4, -0.2) is 5.11 Å². The fourth-order valence-electron chi connectivity index (χ4n) is 3.20. The van der Waals surface area contributed by atoms with Gasteiger partial charge in [0.2, 0.25) is 0 Å². The molecule has 1 aromatic heterocycles. The van der Waals surface area contributed by atoms with Gasteiger partial charge in [0.05, 0.1) is 5.56 Å². The van der Waals surface area contributed by atoms with E-state index in [-0.39, 0.29) is 11.4 Å². The molecule has 3 rings (SSSR count). The fourth-order valence-corrected chi connectivity index (χ4v) is 3.20. The molecular weight excluding hydrogens is 312 g/mol. The summed E-state index contributed by atoms with van der Waals surface area (Å²) in [7, 11) is 0. The first-order valence-electron chi connectivity index (χ1n) is 9.01. The Balaban J connectivity index is 2.09. The molecule has 2 aromatic carbocycles. The topological polar surface area (TPSA) is 50.4 Å². The number of hydrogen-bond acceptors (Lipinski definition) is 3. The van der Waals surface area contributed by atoms with E-state index in [0.717, 1.165) is 35.8 Å². The number of phenols is 1. The monoisotopic (exact) mass is 336 g/mol. The second-order valence-corrected chi connectivity index (χ2v) is 6.47. The lowest BCUT2D eigenvalue weighted by molar-refractivity contribution is 0.473. The lowest BCUT2D eigenvalue weighted by atomic mass is 9.94. The van der Waals surface area contributed by atoms with Crippen molar-refractivity contribution >= 4 is 11.0 Å². The Hall–Kier alpha value is -2.55. The summed E-state index contributed by atoms with van der Waals surface area (Å²) < 4.78 is 5.45. The van der Waals surface area contributed by atoms with Gasteiger partial charge in [-0.25, -0.2) is 4.79 Å². The third kappa shape index (κ3) is 3.76. The third-order valence-corrected chi connectivity index (χ3v) is 4.63. The normalized spacial score (nSPS) is 11.1. The lowest BCUT2D eigenvalue weighted by Crippen LogP contribution is -2.05. The summed E-state index contributed by atoms with van der Waals surface area (Å²) in [5, 5.41) is 10.4. The Kier molecular flexibility index (Phi) is 5.22. The van der Waals surface area contributed by atoms with Crippen LogP contribution in [0.3, 0.4) is 0 Å². The van der Waals surface area contributed by atoms with Gasteiger partial charge in [0.25, 0.3) is 0 Å². The second-order valence-electron chi connectivity index (χ2n) is 6.47. The van der Waals surface area contributed by atoms with Crippen LogP contribution >= 0.6 is 0 Å². The van der Waals surface area contributed by atoms with Gasteiger partial charge >= 0.3 is 5.63 Å². The third-order valence-electron chi connectivity index (χ3n) is 4.63. The molecule has 0 spiro atoms. The molecule has 0 atom stereocenters. The number of fused-ring (bicyclic) bond motifs is 1. The number of unbranched alkanes of at least 4 members (excludes halogenated alkanes) is 2. The van der Waals surface area contributed by atoms with Gasteiger partial charge in [0.15, 0.2) is 0 Å². The molecule has 0 fully saturated rings. The minimum atomic E-state index is -0.362. The maximum atomic E-state index is 12.5. The van der Waals surface area contributed by atoms with Crippen molar-refractivity contribution in [1.82, 2.24) is 0 Å². The minimum absolute atomic E-state index is 0.0931. The zero-order chi connectivity index (χ0) is 17.8. The van der Waals surface area contributed by atoms with Crippen LogP contribution in [0.5, 0.6) is 5.75 Å². The maximum Gasteiger partial charge on any atom is 0.344 e. The van der Waals surface area contributed by atoms with Gasteiger partial charge in [-0.15, -0.1) is 0 Å². The summed E-state index contributed by atoms with van der Waals surface area (Å²) in [6.45, 7) is 4.29. The van der Waals surface area contributed by atoms with Crippen molar-refractivity contribution in [3.05, 3.63) is 64.0 Å². The average molecular weight is 336 g/mol. The maximum absolute atomic E-state index is 12.5. The molecule has 0 aliphatic carbocycles. The largest absolute Gasteiger partial charge is 0.508 e. The van der Waals surface area contributed by atoms with Gasteiger partial charge in [0.1, 0.15) is 11.3 Å². The van der Waals surface area contributed by atoms with Crippen molar-refractivity contribution in [3.8, 4) is 16.9 Å². The van der Waals surface area contributed by atoms with E-state index in [1.54, 1.807) is 12.1 Å². The van der Waals surface area contributed by atoms with Crippen LogP contribution in [0.1, 0.15) is 44.2 Å². The van der Waals surface area contributed by atoms with Crippen LogP contribution in [0.15, 0.2) is 51.7 Å². The molecule has 0 amide bonds. The van der Waals surface area contributed by atoms with E-state index in [1.807, 2.05) is 6.07 Å². The van der Waals surface area contributed by atoms with Gasteiger partial charge in [-0.1, -0.05) is 44.9 Å². The van der Waals surface area contributed by atoms with E-state index in [0.29, 0.717) is 11.1 Å². The first kappa shape index (κ1) is 17.3. The van der Waals surface area contributed by atoms with Crippen LogP contribution in [0.25, 0.3) is 22.1 Å². The Morgan fingerprint density at radius 1 is 0.960 bits per heavy atom. The molecule has 0 aliphatic heterocycles. The zero-order valence-corrected chi connectivity index (χ0v) is 14.8. The number of aromatic hydroxyl groups is 1. The fraction of sp³-hybridized carbons (Fsp3) is 0.318. The lowest BCUT2D eigenvalue weighted by Gasteiger charge is -2.11. The molecule has 3 heteroatoms. The van der Waals surface area contributed by atoms with Gasteiger partial charge in [-0.05, 0) is 54.2 Å². The molecule has 0 unspecified atom stereocenters. The molecule has 0 saturated heterocycles. The van der Waals surface area contributed by atoms with Crippen LogP contribution in [-0.2, 0) is 12.8 Å². The number of hydrogen-bond donors (Lipinski definition) is 1. The number of aryl methyl sites for hydroxylation is 2. The summed E-state index contributed by atoms with van der Waals surface area (Å²) in [4.78, 5) is 12.5. The predicted molar refractivity (Wildman–Crippen MR) is 102 cm³/mol. The Labute approximate surface area is 147 Å². The smallest absolute Gasteiger partial charge is 0.344 e. The highest BCUT2D eigenvalue weighted by Gasteiger charge is 2.12. The highest BCUT2D eigenvalue weighted by molar-refractivity contribution is 5.83. The van der Waals surface area contributed by atoms with E-state index >= 15 is 0 Å². The first-order chi connectivity index (χ1) is 12.1. The van der Waals surface area contributed by atoms with Crippen LogP contribution in [0, 0.1) is 0 Å². The van der Waals surface area contributed by atoms with E-state index in [9.17, 15) is 9.90 Å². The van der Waals surface area contributed by atoms with E-state index < -0.39 is 0 Å². The molecule has 130 valence electrons. The van der Waals surface area contributed by atoms with E-state index in [4.69, 9.17) is 4.42 Å². The second kappa shape index (κ2) is 7.56. The highest BCUT2D eigenvalue weighted by Crippen LogP contribution is 2.28. The Morgan fingerprint density at radius 2 is 1.80 bits per heavy atom.